The lowest BCUT2D eigenvalue weighted by atomic mass is 9.88. The van der Waals surface area contributed by atoms with E-state index in [1.165, 1.54) is 69.0 Å². The number of thiocarbonyl (C=S) groups is 2. The van der Waals surface area contributed by atoms with Crippen molar-refractivity contribution in [1.29, 1.82) is 0 Å². The molecule has 3 saturated heterocycles. The number of benzene rings is 2. The van der Waals surface area contributed by atoms with Crippen molar-refractivity contribution < 1.29 is 0 Å². The number of hydrogen-bond donors (Lipinski definition) is 1. The maximum absolute atomic E-state index is 6.47. The summed E-state index contributed by atoms with van der Waals surface area (Å²) in [6, 6.07) is 24.1. The van der Waals surface area contributed by atoms with Crippen molar-refractivity contribution in [2.24, 2.45) is 11.8 Å². The van der Waals surface area contributed by atoms with E-state index in [4.69, 9.17) is 24.4 Å². The van der Waals surface area contributed by atoms with Crippen molar-refractivity contribution in [3.63, 3.8) is 0 Å². The second-order valence-corrected chi connectivity index (χ2v) is 15.4. The van der Waals surface area contributed by atoms with Crippen LogP contribution in [0.2, 0.25) is 0 Å². The molecule has 1 aliphatic carbocycles. The molecule has 6 rings (SSSR count). The van der Waals surface area contributed by atoms with E-state index >= 15 is 0 Å². The van der Waals surface area contributed by atoms with Crippen molar-refractivity contribution >= 4 is 34.7 Å². The molecular formula is C38H55N5S2. The molecule has 0 radical (unpaired) electrons. The summed E-state index contributed by atoms with van der Waals surface area (Å²) in [5.74, 6) is 1.44. The van der Waals surface area contributed by atoms with E-state index in [0.717, 1.165) is 61.7 Å². The van der Waals surface area contributed by atoms with Crippen molar-refractivity contribution in [1.82, 2.24) is 24.9 Å². The molecule has 1 N–H and O–H groups in total. The fourth-order valence-electron chi connectivity index (χ4n) is 8.53. The van der Waals surface area contributed by atoms with Crippen LogP contribution in [0.5, 0.6) is 0 Å². The Labute approximate surface area is 283 Å². The predicted octanol–water partition coefficient (Wildman–Crippen LogP) is 6.76. The molecule has 2 aromatic rings. The van der Waals surface area contributed by atoms with Crippen LogP contribution < -0.4 is 5.32 Å². The van der Waals surface area contributed by atoms with Gasteiger partial charge in [0.15, 0.2) is 10.2 Å². The fourth-order valence-corrected chi connectivity index (χ4v) is 9.29. The van der Waals surface area contributed by atoms with E-state index in [2.05, 4.69) is 99.4 Å². The Hall–Kier alpha value is -2.22. The number of likely N-dealkylation sites (tertiary alicyclic amines) is 1. The summed E-state index contributed by atoms with van der Waals surface area (Å²) in [5, 5.41) is 5.56. The molecule has 4 aliphatic rings. The van der Waals surface area contributed by atoms with Gasteiger partial charge in [-0.1, -0.05) is 93.8 Å². The molecule has 1 saturated carbocycles. The Morgan fingerprint density at radius 3 is 2.20 bits per heavy atom. The molecule has 0 bridgehead atoms. The zero-order chi connectivity index (χ0) is 31.2. The van der Waals surface area contributed by atoms with Gasteiger partial charge in [0.25, 0.3) is 0 Å². The zero-order valence-corrected chi connectivity index (χ0v) is 29.3. The van der Waals surface area contributed by atoms with Gasteiger partial charge in [-0.25, -0.2) is 0 Å². The predicted molar refractivity (Wildman–Crippen MR) is 196 cm³/mol. The third kappa shape index (κ3) is 8.39. The SMILES string of the molecule is CC(C)C[C@H]1CNC(=S)N1CC1CCCN1C[C@H](Cc1ccccc1)N1C[C@H](Cc2ccccc2)N(CC2CCCCC2)C1=S. The number of nitrogens with zero attached hydrogens (tertiary/aromatic N) is 4. The monoisotopic (exact) mass is 645 g/mol. The summed E-state index contributed by atoms with van der Waals surface area (Å²) >= 11 is 12.3. The van der Waals surface area contributed by atoms with E-state index < -0.39 is 0 Å². The molecule has 5 nitrogen and oxygen atoms in total. The van der Waals surface area contributed by atoms with Gasteiger partial charge in [-0.15, -0.1) is 0 Å². The van der Waals surface area contributed by atoms with E-state index in [1.54, 1.807) is 0 Å². The van der Waals surface area contributed by atoms with Crippen molar-refractivity contribution in [3.8, 4) is 0 Å². The van der Waals surface area contributed by atoms with Crippen LogP contribution in [0.25, 0.3) is 0 Å². The van der Waals surface area contributed by atoms with Crippen LogP contribution in [0.1, 0.15) is 76.3 Å². The highest BCUT2D eigenvalue weighted by Gasteiger charge is 2.41. The molecule has 4 atom stereocenters. The second kappa shape index (κ2) is 15.6. The van der Waals surface area contributed by atoms with Gasteiger partial charge in [0.05, 0.1) is 6.04 Å². The summed E-state index contributed by atoms with van der Waals surface area (Å²) in [5.41, 5.74) is 2.83. The average Bonchev–Trinajstić information content (AvgIpc) is 3.72. The molecule has 0 spiro atoms. The van der Waals surface area contributed by atoms with Gasteiger partial charge in [0, 0.05) is 50.8 Å². The first-order valence-corrected chi connectivity index (χ1v) is 18.7. The summed E-state index contributed by atoms with van der Waals surface area (Å²) < 4.78 is 0. The first-order valence-electron chi connectivity index (χ1n) is 17.9. The van der Waals surface area contributed by atoms with Crippen LogP contribution in [0.3, 0.4) is 0 Å². The van der Waals surface area contributed by atoms with Crippen LogP contribution >= 0.6 is 24.4 Å². The van der Waals surface area contributed by atoms with Crippen LogP contribution in [0.15, 0.2) is 60.7 Å². The van der Waals surface area contributed by atoms with Crippen LogP contribution in [-0.2, 0) is 12.8 Å². The molecule has 3 heterocycles. The highest BCUT2D eigenvalue weighted by molar-refractivity contribution is 7.80. The normalized spacial score (nSPS) is 25.5. The Bertz CT molecular complexity index is 1230. The highest BCUT2D eigenvalue weighted by atomic mass is 32.1. The van der Waals surface area contributed by atoms with E-state index in [0.29, 0.717) is 30.1 Å². The molecule has 4 fully saturated rings. The molecule has 244 valence electrons. The lowest BCUT2D eigenvalue weighted by Gasteiger charge is -2.38. The maximum Gasteiger partial charge on any atom is 0.172 e. The Balaban J connectivity index is 1.22. The van der Waals surface area contributed by atoms with Crippen molar-refractivity contribution in [2.45, 2.75) is 102 Å². The van der Waals surface area contributed by atoms with Crippen molar-refractivity contribution in [2.75, 3.05) is 39.3 Å². The average molecular weight is 646 g/mol. The molecule has 0 aromatic heterocycles. The molecule has 0 amide bonds. The zero-order valence-electron chi connectivity index (χ0n) is 27.7. The molecule has 2 aromatic carbocycles. The minimum atomic E-state index is 0.352. The van der Waals surface area contributed by atoms with Crippen molar-refractivity contribution in [3.05, 3.63) is 71.8 Å². The topological polar surface area (TPSA) is 25.0 Å². The van der Waals surface area contributed by atoms with E-state index in [1.807, 2.05) is 0 Å². The third-order valence-electron chi connectivity index (χ3n) is 10.9. The summed E-state index contributed by atoms with van der Waals surface area (Å²) in [6.45, 7) is 11.0. The maximum atomic E-state index is 6.47. The minimum absolute atomic E-state index is 0.352. The number of hydrogen-bond acceptors (Lipinski definition) is 3. The van der Waals surface area contributed by atoms with Gasteiger partial charge in [-0.05, 0) is 98.9 Å². The lowest BCUT2D eigenvalue weighted by Crippen LogP contribution is -2.51. The molecule has 7 heteroatoms. The summed E-state index contributed by atoms with van der Waals surface area (Å²) in [6.07, 6.45) is 12.6. The quantitative estimate of drug-likeness (QED) is 0.241. The molecule has 1 unspecified atom stereocenters. The van der Waals surface area contributed by atoms with Gasteiger partial charge in [0.2, 0.25) is 0 Å². The van der Waals surface area contributed by atoms with Gasteiger partial charge >= 0.3 is 0 Å². The minimum Gasteiger partial charge on any atom is -0.360 e. The van der Waals surface area contributed by atoms with E-state index in [9.17, 15) is 0 Å². The number of rotatable bonds is 13. The van der Waals surface area contributed by atoms with Crippen LogP contribution in [-0.4, -0.2) is 93.3 Å². The van der Waals surface area contributed by atoms with Gasteiger partial charge in [-0.3, -0.25) is 4.90 Å². The van der Waals surface area contributed by atoms with Gasteiger partial charge < -0.3 is 20.0 Å². The van der Waals surface area contributed by atoms with E-state index in [-0.39, 0.29) is 0 Å². The summed E-state index contributed by atoms with van der Waals surface area (Å²) in [7, 11) is 0. The fraction of sp³-hybridized carbons (Fsp3) is 0.632. The molecule has 45 heavy (non-hydrogen) atoms. The highest BCUT2D eigenvalue weighted by Crippen LogP contribution is 2.31. The first-order chi connectivity index (χ1) is 21.9. The van der Waals surface area contributed by atoms with Crippen LogP contribution in [0.4, 0.5) is 0 Å². The Morgan fingerprint density at radius 2 is 1.49 bits per heavy atom. The summed E-state index contributed by atoms with van der Waals surface area (Å²) in [4.78, 5) is 10.6. The first kappa shape index (κ1) is 32.7. The standard InChI is InChI=1S/C38H55N5S2/c1-29(2)21-34-24-39-37(44)41(34)27-33-19-12-20-40(33)26-35(22-30-13-6-3-7-14-30)43-28-36(23-31-15-8-4-9-16-31)42(38(43)45)25-32-17-10-5-11-18-32/h3-4,6-9,13-16,29,32-36H,5,10-12,17-28H2,1-2H3,(H,39,44)/t33?,34-,35-,36-/m0/s1. The lowest BCUT2D eigenvalue weighted by molar-refractivity contribution is 0.156. The van der Waals surface area contributed by atoms with Gasteiger partial charge in [0.1, 0.15) is 0 Å². The molecular weight excluding hydrogens is 591 g/mol. The van der Waals surface area contributed by atoms with Gasteiger partial charge in [-0.2, -0.15) is 0 Å². The smallest absolute Gasteiger partial charge is 0.172 e. The Kier molecular flexibility index (Phi) is 11.3. The van der Waals surface area contributed by atoms with Crippen LogP contribution in [0, 0.1) is 11.8 Å². The largest absolute Gasteiger partial charge is 0.360 e. The Morgan fingerprint density at radius 1 is 0.778 bits per heavy atom. The molecule has 3 aliphatic heterocycles. The second-order valence-electron chi connectivity index (χ2n) is 14.7. The third-order valence-corrected chi connectivity index (χ3v) is 11.7. The number of nitrogens with one attached hydrogen (secondary N) is 1.